The standard InChI is InChI=1S/C18H23NO6/c1-4-5-12-6-7-15(16(8-12)24-3)25-11-17(20)19-10-13(23-2)9-14(19)18(21)22/h4-8,13-14H,9-11H2,1-3H3,(H,21,22)/b5-4+. The molecule has 0 spiro atoms. The van der Waals surface area contributed by atoms with Crippen molar-refractivity contribution in [3.8, 4) is 11.5 Å². The number of hydrogen-bond donors (Lipinski definition) is 1. The fourth-order valence-electron chi connectivity index (χ4n) is 2.80. The van der Waals surface area contributed by atoms with Crippen LogP contribution in [0.5, 0.6) is 11.5 Å². The van der Waals surface area contributed by atoms with Gasteiger partial charge in [-0.15, -0.1) is 0 Å². The molecule has 1 aromatic rings. The molecule has 2 unspecified atom stereocenters. The van der Waals surface area contributed by atoms with Gasteiger partial charge in [-0.1, -0.05) is 18.2 Å². The van der Waals surface area contributed by atoms with Crippen LogP contribution in [0.2, 0.25) is 0 Å². The van der Waals surface area contributed by atoms with Gasteiger partial charge in [0.1, 0.15) is 6.04 Å². The number of carbonyl (C=O) groups excluding carboxylic acids is 1. The third kappa shape index (κ3) is 4.51. The number of methoxy groups -OCH3 is 2. The van der Waals surface area contributed by atoms with Gasteiger partial charge < -0.3 is 24.2 Å². The van der Waals surface area contributed by atoms with Gasteiger partial charge in [-0.3, -0.25) is 4.79 Å². The van der Waals surface area contributed by atoms with Gasteiger partial charge in [0.25, 0.3) is 5.91 Å². The van der Waals surface area contributed by atoms with E-state index in [1.165, 1.54) is 19.1 Å². The third-order valence-electron chi connectivity index (χ3n) is 4.10. The van der Waals surface area contributed by atoms with Crippen molar-refractivity contribution in [3.63, 3.8) is 0 Å². The molecule has 25 heavy (non-hydrogen) atoms. The average Bonchev–Trinajstić information content (AvgIpc) is 3.05. The summed E-state index contributed by atoms with van der Waals surface area (Å²) in [4.78, 5) is 25.0. The highest BCUT2D eigenvalue weighted by Gasteiger charge is 2.39. The van der Waals surface area contributed by atoms with Gasteiger partial charge >= 0.3 is 5.97 Å². The third-order valence-corrected chi connectivity index (χ3v) is 4.10. The number of likely N-dealkylation sites (tertiary alicyclic amines) is 1. The predicted molar refractivity (Wildman–Crippen MR) is 91.7 cm³/mol. The number of rotatable bonds is 7. The molecule has 1 heterocycles. The molecule has 0 bridgehead atoms. The Morgan fingerprint density at radius 3 is 2.68 bits per heavy atom. The first-order valence-electron chi connectivity index (χ1n) is 7.98. The Labute approximate surface area is 146 Å². The number of carboxylic acid groups (broad SMARTS) is 1. The number of carbonyl (C=O) groups is 2. The minimum atomic E-state index is -1.04. The Bertz CT molecular complexity index is 657. The number of allylic oxidation sites excluding steroid dienone is 1. The first-order valence-corrected chi connectivity index (χ1v) is 7.98. The fourth-order valence-corrected chi connectivity index (χ4v) is 2.80. The summed E-state index contributed by atoms with van der Waals surface area (Å²) in [7, 11) is 3.03. The first kappa shape index (κ1) is 18.8. The molecular weight excluding hydrogens is 326 g/mol. The van der Waals surface area contributed by atoms with Crippen LogP contribution in [0.15, 0.2) is 24.3 Å². The van der Waals surface area contributed by atoms with Gasteiger partial charge in [-0.2, -0.15) is 0 Å². The number of benzene rings is 1. The lowest BCUT2D eigenvalue weighted by Crippen LogP contribution is -2.43. The van der Waals surface area contributed by atoms with Crippen molar-refractivity contribution in [2.24, 2.45) is 0 Å². The maximum absolute atomic E-state index is 12.4. The van der Waals surface area contributed by atoms with E-state index in [9.17, 15) is 14.7 Å². The molecule has 1 fully saturated rings. The van der Waals surface area contributed by atoms with Crippen molar-refractivity contribution in [1.29, 1.82) is 0 Å². The van der Waals surface area contributed by atoms with E-state index in [1.807, 2.05) is 25.1 Å². The molecule has 1 aliphatic rings. The van der Waals surface area contributed by atoms with E-state index in [4.69, 9.17) is 14.2 Å². The monoisotopic (exact) mass is 349 g/mol. The van der Waals surface area contributed by atoms with Crippen molar-refractivity contribution in [3.05, 3.63) is 29.8 Å². The highest BCUT2D eigenvalue weighted by Crippen LogP contribution is 2.29. The minimum Gasteiger partial charge on any atom is -0.493 e. The topological polar surface area (TPSA) is 85.3 Å². The summed E-state index contributed by atoms with van der Waals surface area (Å²) >= 11 is 0. The zero-order valence-electron chi connectivity index (χ0n) is 14.6. The van der Waals surface area contributed by atoms with Gasteiger partial charge in [-0.05, 0) is 24.6 Å². The summed E-state index contributed by atoms with van der Waals surface area (Å²) in [5.74, 6) is -0.499. The van der Waals surface area contributed by atoms with Gasteiger partial charge in [-0.25, -0.2) is 4.79 Å². The Morgan fingerprint density at radius 2 is 2.08 bits per heavy atom. The van der Waals surface area contributed by atoms with Crippen molar-refractivity contribution >= 4 is 18.0 Å². The molecule has 1 amide bonds. The molecule has 7 heteroatoms. The molecule has 1 aliphatic heterocycles. The summed E-state index contributed by atoms with van der Waals surface area (Å²) in [5, 5.41) is 9.28. The summed E-state index contributed by atoms with van der Waals surface area (Å²) < 4.78 is 16.0. The highest BCUT2D eigenvalue weighted by molar-refractivity contribution is 5.85. The molecule has 7 nitrogen and oxygen atoms in total. The van der Waals surface area contributed by atoms with Crippen molar-refractivity contribution in [2.75, 3.05) is 27.4 Å². The van der Waals surface area contributed by atoms with Crippen LogP contribution in [0, 0.1) is 0 Å². The Balaban J connectivity index is 2.05. The second kappa shape index (κ2) is 8.53. The molecule has 2 atom stereocenters. The van der Waals surface area contributed by atoms with E-state index in [1.54, 1.807) is 12.1 Å². The predicted octanol–water partition coefficient (Wildman–Crippen LogP) is 1.81. The van der Waals surface area contributed by atoms with Crippen LogP contribution in [0.3, 0.4) is 0 Å². The van der Waals surface area contributed by atoms with Crippen LogP contribution >= 0.6 is 0 Å². The largest absolute Gasteiger partial charge is 0.493 e. The van der Waals surface area contributed by atoms with Crippen molar-refractivity contribution in [2.45, 2.75) is 25.5 Å². The number of nitrogens with zero attached hydrogens (tertiary/aromatic N) is 1. The quantitative estimate of drug-likeness (QED) is 0.808. The number of carboxylic acids is 1. The first-order chi connectivity index (χ1) is 12.0. The van der Waals surface area contributed by atoms with Crippen LogP contribution in [-0.2, 0) is 14.3 Å². The SMILES string of the molecule is C/C=C/c1ccc(OCC(=O)N2CC(OC)CC2C(=O)O)c(OC)c1. The summed E-state index contributed by atoms with van der Waals surface area (Å²) in [6, 6.07) is 4.48. The van der Waals surface area contributed by atoms with E-state index in [2.05, 4.69) is 0 Å². The zero-order valence-corrected chi connectivity index (χ0v) is 14.6. The van der Waals surface area contributed by atoms with Crippen molar-refractivity contribution in [1.82, 2.24) is 4.90 Å². The van der Waals surface area contributed by atoms with Crippen LogP contribution in [-0.4, -0.2) is 61.4 Å². The zero-order chi connectivity index (χ0) is 18.4. The molecule has 0 radical (unpaired) electrons. The molecule has 1 saturated heterocycles. The Kier molecular flexibility index (Phi) is 6.41. The van der Waals surface area contributed by atoms with E-state index in [0.717, 1.165) is 5.56 Å². The molecule has 0 saturated carbocycles. The van der Waals surface area contributed by atoms with Crippen LogP contribution in [0.4, 0.5) is 0 Å². The minimum absolute atomic E-state index is 0.243. The summed E-state index contributed by atoms with van der Waals surface area (Å²) in [5.41, 5.74) is 0.950. The van der Waals surface area contributed by atoms with Gasteiger partial charge in [0.15, 0.2) is 18.1 Å². The molecule has 0 aromatic heterocycles. The highest BCUT2D eigenvalue weighted by atomic mass is 16.5. The normalized spacial score (nSPS) is 20.0. The van der Waals surface area contributed by atoms with Gasteiger partial charge in [0.2, 0.25) is 0 Å². The van der Waals surface area contributed by atoms with E-state index in [-0.39, 0.29) is 25.7 Å². The Hall–Kier alpha value is -2.54. The second-order valence-electron chi connectivity index (χ2n) is 5.69. The molecule has 2 rings (SSSR count). The second-order valence-corrected chi connectivity index (χ2v) is 5.69. The molecular formula is C18H23NO6. The number of ether oxygens (including phenoxy) is 3. The van der Waals surface area contributed by atoms with E-state index < -0.39 is 17.9 Å². The Morgan fingerprint density at radius 1 is 1.32 bits per heavy atom. The van der Waals surface area contributed by atoms with Crippen molar-refractivity contribution < 1.29 is 28.9 Å². The maximum atomic E-state index is 12.4. The lowest BCUT2D eigenvalue weighted by molar-refractivity contribution is -0.149. The van der Waals surface area contributed by atoms with Crippen LogP contribution in [0.25, 0.3) is 6.08 Å². The van der Waals surface area contributed by atoms with Crippen LogP contribution in [0.1, 0.15) is 18.9 Å². The maximum Gasteiger partial charge on any atom is 0.326 e. The summed E-state index contributed by atoms with van der Waals surface area (Å²) in [6.07, 6.45) is 3.83. The lowest BCUT2D eigenvalue weighted by Gasteiger charge is -2.21. The van der Waals surface area contributed by atoms with E-state index >= 15 is 0 Å². The molecule has 1 N–H and O–H groups in total. The average molecular weight is 349 g/mol. The number of hydrogen-bond acceptors (Lipinski definition) is 5. The van der Waals surface area contributed by atoms with E-state index in [0.29, 0.717) is 11.5 Å². The van der Waals surface area contributed by atoms with Crippen LogP contribution < -0.4 is 9.47 Å². The summed E-state index contributed by atoms with van der Waals surface area (Å²) in [6.45, 7) is 1.89. The fraction of sp³-hybridized carbons (Fsp3) is 0.444. The molecule has 136 valence electrons. The number of aliphatic carboxylic acids is 1. The van der Waals surface area contributed by atoms with Gasteiger partial charge in [0.05, 0.1) is 13.2 Å². The molecule has 0 aliphatic carbocycles. The smallest absolute Gasteiger partial charge is 0.326 e. The molecule has 1 aromatic carbocycles. The lowest BCUT2D eigenvalue weighted by atomic mass is 10.2. The van der Waals surface area contributed by atoms with Gasteiger partial charge in [0, 0.05) is 20.1 Å². The number of amides is 1.